The van der Waals surface area contributed by atoms with E-state index in [4.69, 9.17) is 9.47 Å². The lowest BCUT2D eigenvalue weighted by Crippen LogP contribution is -2.30. The van der Waals surface area contributed by atoms with E-state index >= 15 is 0 Å². The topological polar surface area (TPSA) is 35.5 Å². The SMILES string of the molecule is CC(C)(C)CC1(C(=O)OCCOc2c(-c3ccccc3)cccc2-c2ccccc2)CC1(C)C. The molecule has 3 nitrogen and oxygen atoms in total. The van der Waals surface area contributed by atoms with Gasteiger partial charge in [-0.05, 0) is 34.8 Å². The van der Waals surface area contributed by atoms with Crippen molar-refractivity contribution in [1.82, 2.24) is 0 Å². The van der Waals surface area contributed by atoms with Crippen LogP contribution >= 0.6 is 0 Å². The van der Waals surface area contributed by atoms with E-state index in [9.17, 15) is 4.79 Å². The van der Waals surface area contributed by atoms with Crippen LogP contribution in [-0.2, 0) is 9.53 Å². The van der Waals surface area contributed by atoms with Gasteiger partial charge in [0.25, 0.3) is 0 Å². The number of hydrogen-bond donors (Lipinski definition) is 0. The Kier molecular flexibility index (Phi) is 6.58. The summed E-state index contributed by atoms with van der Waals surface area (Å²) in [7, 11) is 0. The number of benzene rings is 3. The van der Waals surface area contributed by atoms with E-state index in [-0.39, 0.29) is 28.8 Å². The van der Waals surface area contributed by atoms with E-state index in [2.05, 4.69) is 77.1 Å². The third kappa shape index (κ3) is 5.04. The predicted molar refractivity (Wildman–Crippen MR) is 139 cm³/mol. The molecule has 1 unspecified atom stereocenters. The van der Waals surface area contributed by atoms with Crippen molar-refractivity contribution in [1.29, 1.82) is 0 Å². The normalized spacial score (nSPS) is 18.9. The zero-order valence-electron chi connectivity index (χ0n) is 21.1. The fourth-order valence-electron chi connectivity index (χ4n) is 5.14. The summed E-state index contributed by atoms with van der Waals surface area (Å²) in [4.78, 5) is 13.1. The molecule has 0 aliphatic heterocycles. The molecule has 0 radical (unpaired) electrons. The number of ether oxygens (including phenoxy) is 2. The molecule has 3 aromatic rings. The van der Waals surface area contributed by atoms with E-state index in [0.717, 1.165) is 40.8 Å². The highest BCUT2D eigenvalue weighted by Gasteiger charge is 2.67. The van der Waals surface area contributed by atoms with Crippen molar-refractivity contribution in [2.45, 2.75) is 47.5 Å². The summed E-state index contributed by atoms with van der Waals surface area (Å²) in [6, 6.07) is 26.7. The number of carbonyl (C=O) groups excluding carboxylic acids is 1. The molecule has 1 saturated carbocycles. The Morgan fingerprint density at radius 2 is 1.29 bits per heavy atom. The van der Waals surface area contributed by atoms with Gasteiger partial charge in [0, 0.05) is 11.1 Å². The minimum atomic E-state index is -0.387. The maximum atomic E-state index is 13.1. The second kappa shape index (κ2) is 9.29. The molecule has 1 aliphatic carbocycles. The number of para-hydroxylation sites is 1. The van der Waals surface area contributed by atoms with Gasteiger partial charge in [-0.25, -0.2) is 0 Å². The number of esters is 1. The van der Waals surface area contributed by atoms with E-state index in [1.807, 2.05) is 36.4 Å². The van der Waals surface area contributed by atoms with Gasteiger partial charge >= 0.3 is 5.97 Å². The van der Waals surface area contributed by atoms with Crippen LogP contribution in [0.4, 0.5) is 0 Å². The fourth-order valence-corrected chi connectivity index (χ4v) is 5.14. The summed E-state index contributed by atoms with van der Waals surface area (Å²) in [6.07, 6.45) is 1.72. The maximum absolute atomic E-state index is 13.1. The maximum Gasteiger partial charge on any atom is 0.312 e. The van der Waals surface area contributed by atoms with Crippen LogP contribution in [0.15, 0.2) is 78.9 Å². The van der Waals surface area contributed by atoms with Crippen molar-refractivity contribution in [3.8, 4) is 28.0 Å². The Morgan fingerprint density at radius 1 is 0.794 bits per heavy atom. The molecule has 178 valence electrons. The zero-order valence-corrected chi connectivity index (χ0v) is 21.1. The van der Waals surface area contributed by atoms with Crippen LogP contribution in [0.3, 0.4) is 0 Å². The number of rotatable bonds is 8. The van der Waals surface area contributed by atoms with Crippen LogP contribution in [0.25, 0.3) is 22.3 Å². The lowest BCUT2D eigenvalue weighted by Gasteiger charge is -2.27. The molecular weight excluding hydrogens is 420 g/mol. The van der Waals surface area contributed by atoms with Crippen LogP contribution in [0, 0.1) is 16.2 Å². The predicted octanol–water partition coefficient (Wildman–Crippen LogP) is 7.80. The highest BCUT2D eigenvalue weighted by Crippen LogP contribution is 2.68. The molecule has 0 heterocycles. The summed E-state index contributed by atoms with van der Waals surface area (Å²) in [5, 5.41) is 0. The summed E-state index contributed by atoms with van der Waals surface area (Å²) in [5.74, 6) is 0.725. The first-order valence-corrected chi connectivity index (χ1v) is 12.2. The average Bonchev–Trinajstić information content (AvgIpc) is 3.36. The first-order valence-electron chi connectivity index (χ1n) is 12.2. The molecule has 0 saturated heterocycles. The van der Waals surface area contributed by atoms with Gasteiger partial charge in [-0.3, -0.25) is 4.79 Å². The summed E-state index contributed by atoms with van der Waals surface area (Å²) in [6.45, 7) is 11.4. The summed E-state index contributed by atoms with van der Waals surface area (Å²) < 4.78 is 12.1. The highest BCUT2D eigenvalue weighted by atomic mass is 16.6. The number of carbonyl (C=O) groups is 1. The lowest BCUT2D eigenvalue weighted by molar-refractivity contribution is -0.153. The van der Waals surface area contributed by atoms with Crippen molar-refractivity contribution in [3.63, 3.8) is 0 Å². The standard InChI is InChI=1S/C31H36O3/c1-29(2,3)21-31(22-30(31,4)5)28(32)34-20-19-33-27-25(23-13-8-6-9-14-23)17-12-18-26(27)24-15-10-7-11-16-24/h6-18H,19-22H2,1-5H3. The van der Waals surface area contributed by atoms with Crippen molar-refractivity contribution < 1.29 is 14.3 Å². The van der Waals surface area contributed by atoms with E-state index in [1.54, 1.807) is 0 Å². The third-order valence-corrected chi connectivity index (χ3v) is 6.88. The lowest BCUT2D eigenvalue weighted by atomic mass is 9.79. The quantitative estimate of drug-likeness (QED) is 0.256. The van der Waals surface area contributed by atoms with Gasteiger partial charge in [-0.2, -0.15) is 0 Å². The minimum Gasteiger partial charge on any atom is -0.489 e. The number of hydrogen-bond acceptors (Lipinski definition) is 3. The van der Waals surface area contributed by atoms with Gasteiger partial charge in [0.05, 0.1) is 5.41 Å². The molecule has 3 aromatic carbocycles. The zero-order chi connectivity index (χ0) is 24.4. The summed E-state index contributed by atoms with van der Waals surface area (Å²) >= 11 is 0. The van der Waals surface area contributed by atoms with E-state index in [1.165, 1.54) is 0 Å². The van der Waals surface area contributed by atoms with Gasteiger partial charge in [0.15, 0.2) is 0 Å². The van der Waals surface area contributed by atoms with Crippen LogP contribution in [0.2, 0.25) is 0 Å². The first-order chi connectivity index (χ1) is 16.1. The first kappa shape index (κ1) is 24.1. The molecule has 34 heavy (non-hydrogen) atoms. The molecule has 0 amide bonds. The van der Waals surface area contributed by atoms with Crippen molar-refractivity contribution in [2.24, 2.45) is 16.2 Å². The molecule has 1 fully saturated rings. The van der Waals surface area contributed by atoms with E-state index < -0.39 is 0 Å². The van der Waals surface area contributed by atoms with E-state index in [0.29, 0.717) is 6.61 Å². The molecular formula is C31H36O3. The van der Waals surface area contributed by atoms with Crippen LogP contribution in [-0.4, -0.2) is 19.2 Å². The summed E-state index contributed by atoms with van der Waals surface area (Å²) in [5.41, 5.74) is 3.91. The van der Waals surface area contributed by atoms with Crippen molar-refractivity contribution in [2.75, 3.05) is 13.2 Å². The molecule has 0 aromatic heterocycles. The van der Waals surface area contributed by atoms with Crippen LogP contribution < -0.4 is 4.74 Å². The van der Waals surface area contributed by atoms with Crippen LogP contribution in [0.1, 0.15) is 47.5 Å². The van der Waals surface area contributed by atoms with Gasteiger partial charge < -0.3 is 9.47 Å². The minimum absolute atomic E-state index is 0.0153. The Balaban J connectivity index is 1.51. The Bertz CT molecular complexity index is 1070. The van der Waals surface area contributed by atoms with Gasteiger partial charge in [0.1, 0.15) is 19.0 Å². The van der Waals surface area contributed by atoms with Gasteiger partial charge in [-0.15, -0.1) is 0 Å². The monoisotopic (exact) mass is 456 g/mol. The largest absolute Gasteiger partial charge is 0.489 e. The molecule has 1 aliphatic rings. The molecule has 4 rings (SSSR count). The van der Waals surface area contributed by atoms with Gasteiger partial charge in [-0.1, -0.05) is 113 Å². The van der Waals surface area contributed by atoms with Crippen molar-refractivity contribution >= 4 is 5.97 Å². The second-order valence-electron chi connectivity index (χ2n) is 11.3. The van der Waals surface area contributed by atoms with Crippen LogP contribution in [0.5, 0.6) is 5.75 Å². The molecule has 0 bridgehead atoms. The Hall–Kier alpha value is -3.07. The third-order valence-electron chi connectivity index (χ3n) is 6.88. The molecule has 0 spiro atoms. The smallest absolute Gasteiger partial charge is 0.312 e. The molecule has 3 heteroatoms. The average molecular weight is 457 g/mol. The van der Waals surface area contributed by atoms with Crippen molar-refractivity contribution in [3.05, 3.63) is 78.9 Å². The fraction of sp³-hybridized carbons (Fsp3) is 0.387. The molecule has 1 atom stereocenters. The van der Waals surface area contributed by atoms with Gasteiger partial charge in [0.2, 0.25) is 0 Å². The second-order valence-corrected chi connectivity index (χ2v) is 11.3. The molecule has 0 N–H and O–H groups in total. The Morgan fingerprint density at radius 3 is 1.74 bits per heavy atom. The Labute approximate surface area is 204 Å². The highest BCUT2D eigenvalue weighted by molar-refractivity contribution is 5.83.